The van der Waals surface area contributed by atoms with Gasteiger partial charge in [0.1, 0.15) is 0 Å². The van der Waals surface area contributed by atoms with Crippen molar-refractivity contribution in [2.24, 2.45) is 0 Å². The molecule has 2 aromatic rings. The summed E-state index contributed by atoms with van der Waals surface area (Å²) in [5, 5.41) is 8.90. The average molecular weight is 329 g/mol. The first-order valence-corrected chi connectivity index (χ1v) is 8.93. The van der Waals surface area contributed by atoms with Gasteiger partial charge in [0.2, 0.25) is 10.0 Å². The molecule has 0 spiro atoms. The van der Waals surface area contributed by atoms with E-state index in [1.807, 2.05) is 19.1 Å². The fourth-order valence-corrected chi connectivity index (χ4v) is 3.81. The maximum absolute atomic E-state index is 11.6. The van der Waals surface area contributed by atoms with Crippen LogP contribution in [0.3, 0.4) is 0 Å². The number of anilines is 1. The molecule has 21 heavy (non-hydrogen) atoms. The third-order valence-corrected chi connectivity index (χ3v) is 5.36. The molecule has 0 radical (unpaired) electrons. The summed E-state index contributed by atoms with van der Waals surface area (Å²) in [5.41, 5.74) is 2.83. The molecule has 0 amide bonds. The predicted molar refractivity (Wildman–Crippen MR) is 84.5 cm³/mol. The summed E-state index contributed by atoms with van der Waals surface area (Å²) in [5.74, 6) is 0. The maximum Gasteiger partial charge on any atom is 0.211 e. The lowest BCUT2D eigenvalue weighted by Gasteiger charge is -2.35. The van der Waals surface area contributed by atoms with Gasteiger partial charge in [0.15, 0.2) is 0 Å². The number of aromatic nitrogens is 2. The second kappa shape index (κ2) is 5.15. The predicted octanol–water partition coefficient (Wildman–Crippen LogP) is 1.61. The third kappa shape index (κ3) is 2.73. The Balaban J connectivity index is 1.94. The van der Waals surface area contributed by atoms with Gasteiger partial charge in [-0.15, -0.1) is 0 Å². The molecule has 0 atom stereocenters. The molecule has 6 nitrogen and oxygen atoms in total. The normalized spacial score (nSPS) is 17.6. The molecule has 1 saturated heterocycles. The summed E-state index contributed by atoms with van der Waals surface area (Å²) < 4.78 is 24.7. The van der Waals surface area contributed by atoms with Gasteiger partial charge in [0.25, 0.3) is 0 Å². The number of benzene rings is 1. The summed E-state index contributed by atoms with van der Waals surface area (Å²) in [6.45, 7) is 4.22. The Morgan fingerprint density at radius 3 is 2.52 bits per heavy atom. The van der Waals surface area contributed by atoms with Crippen LogP contribution >= 0.6 is 11.6 Å². The standard InChI is InChI=1S/C13H17ClN4O2S/c1-9-13-11(16-15-9)7-10(14)8-12(13)17-3-5-18(6-4-17)21(2,19)20/h7-8H,3-6H2,1-2H3,(H,15,16). The molecule has 0 bridgehead atoms. The van der Waals surface area contributed by atoms with E-state index in [2.05, 4.69) is 15.1 Å². The number of aromatic amines is 1. The van der Waals surface area contributed by atoms with Crippen molar-refractivity contribution in [2.75, 3.05) is 37.3 Å². The number of H-pyrrole nitrogens is 1. The molecule has 1 aliphatic rings. The first-order chi connectivity index (χ1) is 9.86. The van der Waals surface area contributed by atoms with Crippen molar-refractivity contribution >= 4 is 38.2 Å². The Hall–Kier alpha value is -1.31. The van der Waals surface area contributed by atoms with E-state index in [0.29, 0.717) is 31.2 Å². The topological polar surface area (TPSA) is 69.3 Å². The van der Waals surface area contributed by atoms with Crippen molar-refractivity contribution in [3.8, 4) is 0 Å². The molecule has 114 valence electrons. The number of hydrogen-bond acceptors (Lipinski definition) is 4. The van der Waals surface area contributed by atoms with Gasteiger partial charge in [-0.25, -0.2) is 8.42 Å². The number of nitrogens with one attached hydrogen (secondary N) is 1. The quantitative estimate of drug-likeness (QED) is 0.909. The van der Waals surface area contributed by atoms with Crippen LogP contribution in [0.4, 0.5) is 5.69 Å². The van der Waals surface area contributed by atoms with Crippen LogP contribution in [0.5, 0.6) is 0 Å². The third-order valence-electron chi connectivity index (χ3n) is 3.84. The summed E-state index contributed by atoms with van der Waals surface area (Å²) in [6, 6.07) is 3.77. The molecule has 1 N–H and O–H groups in total. The van der Waals surface area contributed by atoms with Crippen LogP contribution in [0, 0.1) is 6.92 Å². The van der Waals surface area contributed by atoms with E-state index in [1.54, 1.807) is 0 Å². The molecule has 1 aromatic heterocycles. The number of aryl methyl sites for hydroxylation is 1. The molecule has 0 unspecified atom stereocenters. The number of piperazine rings is 1. The second-order valence-electron chi connectivity index (χ2n) is 5.31. The minimum absolute atomic E-state index is 0.490. The first kappa shape index (κ1) is 14.6. The lowest BCUT2D eigenvalue weighted by atomic mass is 10.1. The first-order valence-electron chi connectivity index (χ1n) is 6.70. The van der Waals surface area contributed by atoms with E-state index in [9.17, 15) is 8.42 Å². The van der Waals surface area contributed by atoms with Crippen LogP contribution in [0.2, 0.25) is 5.02 Å². The molecular formula is C13H17ClN4O2S. The smallest absolute Gasteiger partial charge is 0.211 e. The minimum Gasteiger partial charge on any atom is -0.368 e. The SMILES string of the molecule is Cc1n[nH]c2cc(Cl)cc(N3CCN(S(C)(=O)=O)CC3)c12. The van der Waals surface area contributed by atoms with Crippen LogP contribution in [0.25, 0.3) is 10.9 Å². The number of halogens is 1. The van der Waals surface area contributed by atoms with Crippen molar-refractivity contribution in [1.82, 2.24) is 14.5 Å². The van der Waals surface area contributed by atoms with Crippen LogP contribution in [-0.2, 0) is 10.0 Å². The van der Waals surface area contributed by atoms with Gasteiger partial charge in [-0.3, -0.25) is 5.10 Å². The van der Waals surface area contributed by atoms with E-state index in [-0.39, 0.29) is 0 Å². The fraction of sp³-hybridized carbons (Fsp3) is 0.462. The number of hydrogen-bond donors (Lipinski definition) is 1. The molecule has 1 fully saturated rings. The summed E-state index contributed by atoms with van der Waals surface area (Å²) in [4.78, 5) is 2.17. The minimum atomic E-state index is -3.12. The monoisotopic (exact) mass is 328 g/mol. The zero-order valence-electron chi connectivity index (χ0n) is 11.9. The Morgan fingerprint density at radius 1 is 1.24 bits per heavy atom. The Labute approximate surface area is 128 Å². The van der Waals surface area contributed by atoms with Gasteiger partial charge in [-0.1, -0.05) is 11.6 Å². The zero-order chi connectivity index (χ0) is 15.2. The molecule has 8 heteroatoms. The van der Waals surface area contributed by atoms with Crippen molar-refractivity contribution < 1.29 is 8.42 Å². The number of nitrogens with zero attached hydrogens (tertiary/aromatic N) is 3. The van der Waals surface area contributed by atoms with Crippen LogP contribution in [-0.4, -0.2) is 55.4 Å². The second-order valence-corrected chi connectivity index (χ2v) is 7.72. The van der Waals surface area contributed by atoms with Gasteiger partial charge in [-0.05, 0) is 19.1 Å². The lowest BCUT2D eigenvalue weighted by Crippen LogP contribution is -2.48. The highest BCUT2D eigenvalue weighted by Crippen LogP contribution is 2.32. The van der Waals surface area contributed by atoms with E-state index in [4.69, 9.17) is 11.6 Å². The van der Waals surface area contributed by atoms with Crippen molar-refractivity contribution in [2.45, 2.75) is 6.92 Å². The van der Waals surface area contributed by atoms with E-state index in [1.165, 1.54) is 10.6 Å². The average Bonchev–Trinajstić information content (AvgIpc) is 2.78. The number of rotatable bonds is 2. The lowest BCUT2D eigenvalue weighted by molar-refractivity contribution is 0.388. The Morgan fingerprint density at radius 2 is 1.90 bits per heavy atom. The van der Waals surface area contributed by atoms with Gasteiger partial charge in [0.05, 0.1) is 17.5 Å². The number of sulfonamides is 1. The van der Waals surface area contributed by atoms with E-state index >= 15 is 0 Å². The molecule has 2 heterocycles. The molecule has 0 aliphatic carbocycles. The van der Waals surface area contributed by atoms with E-state index in [0.717, 1.165) is 22.3 Å². The van der Waals surface area contributed by atoms with Gasteiger partial charge < -0.3 is 4.90 Å². The highest BCUT2D eigenvalue weighted by atomic mass is 35.5. The Kier molecular flexibility index (Phi) is 3.59. The summed E-state index contributed by atoms with van der Waals surface area (Å²) >= 11 is 6.17. The van der Waals surface area contributed by atoms with Crippen molar-refractivity contribution in [1.29, 1.82) is 0 Å². The van der Waals surface area contributed by atoms with Gasteiger partial charge in [-0.2, -0.15) is 9.40 Å². The van der Waals surface area contributed by atoms with Gasteiger partial charge in [0, 0.05) is 42.3 Å². The fourth-order valence-electron chi connectivity index (χ4n) is 2.77. The highest BCUT2D eigenvalue weighted by molar-refractivity contribution is 7.88. The summed E-state index contributed by atoms with van der Waals surface area (Å²) in [6.07, 6.45) is 1.25. The highest BCUT2D eigenvalue weighted by Gasteiger charge is 2.25. The number of fused-ring (bicyclic) bond motifs is 1. The molecule has 1 aromatic carbocycles. The van der Waals surface area contributed by atoms with Crippen LogP contribution in [0.1, 0.15) is 5.69 Å². The largest absolute Gasteiger partial charge is 0.368 e. The molecule has 0 saturated carbocycles. The molecular weight excluding hydrogens is 312 g/mol. The Bertz CT molecular complexity index is 779. The molecule has 3 rings (SSSR count). The van der Waals surface area contributed by atoms with Crippen molar-refractivity contribution in [3.05, 3.63) is 22.8 Å². The maximum atomic E-state index is 11.6. The molecule has 1 aliphatic heterocycles. The zero-order valence-corrected chi connectivity index (χ0v) is 13.5. The van der Waals surface area contributed by atoms with Gasteiger partial charge >= 0.3 is 0 Å². The summed E-state index contributed by atoms with van der Waals surface area (Å²) in [7, 11) is -3.12. The van der Waals surface area contributed by atoms with Crippen LogP contribution in [0.15, 0.2) is 12.1 Å². The van der Waals surface area contributed by atoms with E-state index < -0.39 is 10.0 Å². The van der Waals surface area contributed by atoms with Crippen molar-refractivity contribution in [3.63, 3.8) is 0 Å². The van der Waals surface area contributed by atoms with Crippen LogP contribution < -0.4 is 4.90 Å².